The van der Waals surface area contributed by atoms with Crippen molar-refractivity contribution in [3.63, 3.8) is 0 Å². The van der Waals surface area contributed by atoms with E-state index in [0.717, 1.165) is 14.8 Å². The minimum atomic E-state index is 0.0762. The van der Waals surface area contributed by atoms with Gasteiger partial charge in [-0.3, -0.25) is 5.41 Å². The smallest absolute Gasteiger partial charge is 0.227 e. The van der Waals surface area contributed by atoms with Crippen LogP contribution in [0.4, 0.5) is 11.6 Å². The number of thiophene rings is 1. The van der Waals surface area contributed by atoms with Crippen LogP contribution in [0.5, 0.6) is 0 Å². The molecule has 17 heavy (non-hydrogen) atoms. The van der Waals surface area contributed by atoms with Crippen molar-refractivity contribution < 1.29 is 0 Å². The monoisotopic (exact) mass is 265 g/mol. The zero-order chi connectivity index (χ0) is 12.3. The number of amidine groups is 1. The molecule has 4 N–H and O–H groups in total. The van der Waals surface area contributed by atoms with E-state index in [0.29, 0.717) is 5.95 Å². The Morgan fingerprint density at radius 3 is 2.76 bits per heavy atom. The number of hydrogen-bond acceptors (Lipinski definition) is 6. The first-order chi connectivity index (χ1) is 8.20. The molecule has 0 bridgehead atoms. The van der Waals surface area contributed by atoms with Gasteiger partial charge in [0.25, 0.3) is 0 Å². The zero-order valence-electron chi connectivity index (χ0n) is 9.10. The Hall–Kier alpha value is -1.60. The van der Waals surface area contributed by atoms with Gasteiger partial charge in [-0.2, -0.15) is 0 Å². The van der Waals surface area contributed by atoms with Crippen LogP contribution in [0.1, 0.15) is 4.88 Å². The Labute approximate surface area is 107 Å². The second kappa shape index (κ2) is 5.15. The average Bonchev–Trinajstić information content (AvgIpc) is 2.74. The van der Waals surface area contributed by atoms with E-state index in [1.165, 1.54) is 11.3 Å². The molecule has 88 valence electrons. The number of nitrogen functional groups attached to an aromatic ring is 1. The minimum Gasteiger partial charge on any atom is -0.383 e. The van der Waals surface area contributed by atoms with E-state index >= 15 is 0 Å². The van der Waals surface area contributed by atoms with E-state index in [1.807, 2.05) is 12.3 Å². The Bertz CT molecular complexity index is 523. The molecule has 0 fully saturated rings. The van der Waals surface area contributed by atoms with Crippen molar-refractivity contribution in [1.82, 2.24) is 9.97 Å². The van der Waals surface area contributed by atoms with Crippen molar-refractivity contribution in [2.45, 2.75) is 4.21 Å². The van der Waals surface area contributed by atoms with Gasteiger partial charge in [0.2, 0.25) is 5.95 Å². The predicted molar refractivity (Wildman–Crippen MR) is 72.4 cm³/mol. The molecule has 2 heterocycles. The van der Waals surface area contributed by atoms with E-state index < -0.39 is 0 Å². The fourth-order valence-electron chi connectivity index (χ4n) is 1.23. The maximum absolute atomic E-state index is 7.42. The van der Waals surface area contributed by atoms with Crippen LogP contribution in [0, 0.1) is 5.41 Å². The molecule has 0 saturated heterocycles. The molecule has 0 radical (unpaired) electrons. The predicted octanol–water partition coefficient (Wildman–Crippen LogP) is 2.29. The van der Waals surface area contributed by atoms with E-state index in [4.69, 9.17) is 11.1 Å². The van der Waals surface area contributed by atoms with Crippen LogP contribution in [0.2, 0.25) is 0 Å². The van der Waals surface area contributed by atoms with Crippen LogP contribution < -0.4 is 11.1 Å². The first-order valence-corrected chi connectivity index (χ1v) is 6.81. The van der Waals surface area contributed by atoms with E-state index in [-0.39, 0.29) is 5.84 Å². The quantitative estimate of drug-likeness (QED) is 0.448. The molecule has 0 aliphatic carbocycles. The molecular formula is C10H11N5S2. The maximum atomic E-state index is 7.42. The molecule has 0 aliphatic heterocycles. The van der Waals surface area contributed by atoms with Crippen LogP contribution in [0.3, 0.4) is 0 Å². The highest BCUT2D eigenvalue weighted by Crippen LogP contribution is 2.35. The third kappa shape index (κ3) is 2.75. The van der Waals surface area contributed by atoms with Gasteiger partial charge in [0.05, 0.1) is 14.8 Å². The fraction of sp³-hybridized carbons (Fsp3) is 0.100. The lowest BCUT2D eigenvalue weighted by atomic mass is 10.4. The Balaban J connectivity index is 2.29. The van der Waals surface area contributed by atoms with Crippen LogP contribution >= 0.6 is 23.1 Å². The number of rotatable bonds is 4. The second-order valence-electron chi connectivity index (χ2n) is 3.13. The number of aromatic nitrogens is 2. The number of anilines is 2. The highest BCUT2D eigenvalue weighted by Gasteiger charge is 2.10. The zero-order valence-corrected chi connectivity index (χ0v) is 10.7. The summed E-state index contributed by atoms with van der Waals surface area (Å²) in [7, 11) is 0. The molecule has 0 atom stereocenters. The van der Waals surface area contributed by atoms with Crippen molar-refractivity contribution >= 4 is 40.6 Å². The maximum Gasteiger partial charge on any atom is 0.227 e. The van der Waals surface area contributed by atoms with Gasteiger partial charge in [0.1, 0.15) is 5.84 Å². The Morgan fingerprint density at radius 2 is 2.18 bits per heavy atom. The van der Waals surface area contributed by atoms with Crippen LogP contribution in [0.15, 0.2) is 28.7 Å². The van der Waals surface area contributed by atoms with Crippen LogP contribution in [-0.4, -0.2) is 22.1 Å². The molecule has 0 unspecified atom stereocenters. The third-order valence-corrected chi connectivity index (χ3v) is 4.26. The summed E-state index contributed by atoms with van der Waals surface area (Å²) in [4.78, 5) is 8.93. The molecule has 0 aliphatic rings. The third-order valence-electron chi connectivity index (χ3n) is 1.96. The molecule has 5 nitrogen and oxygen atoms in total. The standard InChI is InChI=1S/C10H11N5S2/c1-16-9-6(5-7(17-9)8(11)12)15-10-13-3-2-4-14-10/h2-5H,1H3,(H3,11,12)(H,13,14,15). The lowest BCUT2D eigenvalue weighted by molar-refractivity contribution is 1.16. The number of nitrogens with two attached hydrogens (primary N) is 1. The van der Waals surface area contributed by atoms with Gasteiger partial charge >= 0.3 is 0 Å². The summed E-state index contributed by atoms with van der Waals surface area (Å²) in [6, 6.07) is 3.60. The van der Waals surface area contributed by atoms with Crippen LogP contribution in [-0.2, 0) is 0 Å². The summed E-state index contributed by atoms with van der Waals surface area (Å²) >= 11 is 3.08. The van der Waals surface area contributed by atoms with Crippen molar-refractivity contribution in [3.8, 4) is 0 Å². The highest BCUT2D eigenvalue weighted by atomic mass is 32.2. The molecule has 7 heteroatoms. The molecule has 2 aromatic heterocycles. The molecule has 0 spiro atoms. The summed E-state index contributed by atoms with van der Waals surface area (Å²) < 4.78 is 1.06. The van der Waals surface area contributed by atoms with Gasteiger partial charge in [0, 0.05) is 12.4 Å². The first-order valence-electron chi connectivity index (χ1n) is 4.77. The van der Waals surface area contributed by atoms with Gasteiger partial charge < -0.3 is 11.1 Å². The molecule has 0 aromatic carbocycles. The summed E-state index contributed by atoms with van der Waals surface area (Å²) in [5.74, 6) is 0.614. The van der Waals surface area contributed by atoms with E-state index in [1.54, 1.807) is 30.2 Å². The van der Waals surface area contributed by atoms with Gasteiger partial charge in [-0.1, -0.05) is 0 Å². The Morgan fingerprint density at radius 1 is 1.47 bits per heavy atom. The van der Waals surface area contributed by atoms with Crippen LogP contribution in [0.25, 0.3) is 0 Å². The van der Waals surface area contributed by atoms with Crippen molar-refractivity contribution in [1.29, 1.82) is 5.41 Å². The molecule has 0 amide bonds. The Kier molecular flexibility index (Phi) is 3.60. The summed E-state index contributed by atoms with van der Waals surface area (Å²) in [6.45, 7) is 0. The normalized spacial score (nSPS) is 10.2. The lowest BCUT2D eigenvalue weighted by Gasteiger charge is -2.02. The summed E-state index contributed by atoms with van der Waals surface area (Å²) in [5.41, 5.74) is 6.36. The molecule has 2 aromatic rings. The summed E-state index contributed by atoms with van der Waals surface area (Å²) in [5, 5.41) is 10.5. The van der Waals surface area contributed by atoms with Gasteiger partial charge in [-0.15, -0.1) is 23.1 Å². The van der Waals surface area contributed by atoms with Gasteiger partial charge in [-0.05, 0) is 18.4 Å². The SMILES string of the molecule is CSc1sc(C(=N)N)cc1Nc1ncccn1. The van der Waals surface area contributed by atoms with Crippen molar-refractivity contribution in [3.05, 3.63) is 29.4 Å². The number of nitrogens with one attached hydrogen (secondary N) is 2. The summed E-state index contributed by atoms with van der Waals surface area (Å²) in [6.07, 6.45) is 5.32. The molecular weight excluding hydrogens is 254 g/mol. The van der Waals surface area contributed by atoms with E-state index in [9.17, 15) is 0 Å². The first kappa shape index (κ1) is 11.9. The number of hydrogen-bond donors (Lipinski definition) is 3. The van der Waals surface area contributed by atoms with Gasteiger partial charge in [0.15, 0.2) is 0 Å². The molecule has 2 rings (SSSR count). The highest BCUT2D eigenvalue weighted by molar-refractivity contribution is 8.00. The average molecular weight is 265 g/mol. The fourth-order valence-corrected chi connectivity index (χ4v) is 2.87. The minimum absolute atomic E-state index is 0.0762. The lowest BCUT2D eigenvalue weighted by Crippen LogP contribution is -2.08. The topological polar surface area (TPSA) is 87.7 Å². The number of nitrogens with zero attached hydrogens (tertiary/aromatic N) is 2. The van der Waals surface area contributed by atoms with E-state index in [2.05, 4.69) is 15.3 Å². The van der Waals surface area contributed by atoms with Crippen molar-refractivity contribution in [2.75, 3.05) is 11.6 Å². The second-order valence-corrected chi connectivity index (χ2v) is 5.25. The van der Waals surface area contributed by atoms with Gasteiger partial charge in [-0.25, -0.2) is 9.97 Å². The molecule has 0 saturated carbocycles. The largest absolute Gasteiger partial charge is 0.383 e. The van der Waals surface area contributed by atoms with Crippen molar-refractivity contribution in [2.24, 2.45) is 5.73 Å². The number of thioether (sulfide) groups is 1.